The number of alkyl carbamates (subject to hydrolysis) is 1. The standard InChI is InChI=1S/C29H45N5O7/c1-18-12-11-15-34(18,26(39)33-28(2,3)4)25(38)23(36)20(16-19-13-9-8-10-14-19)31-24(37)21(17-22(30)35)32-27(40)41-29(5,6)7/h8-10,13-14,18,20-21,23,36H,11-12,15-17H2,1-7H3,(H4-,30,31,32,33,35,37,39,40)/p+1/t18-,20+,21+,23+,34?/m1/s1. The highest BCUT2D eigenvalue weighted by atomic mass is 16.6. The molecule has 41 heavy (non-hydrogen) atoms. The van der Waals surface area contributed by atoms with Crippen LogP contribution < -0.4 is 21.7 Å². The number of hydrogen-bond acceptors (Lipinski definition) is 7. The molecule has 6 amide bonds. The molecule has 0 spiro atoms. The number of urea groups is 1. The zero-order valence-electron chi connectivity index (χ0n) is 25.2. The van der Waals surface area contributed by atoms with E-state index in [2.05, 4.69) is 16.0 Å². The Kier molecular flexibility index (Phi) is 11.0. The number of imide groups is 1. The third-order valence-corrected chi connectivity index (χ3v) is 6.80. The highest BCUT2D eigenvalue weighted by molar-refractivity contribution is 5.92. The van der Waals surface area contributed by atoms with Crippen LogP contribution in [0.2, 0.25) is 0 Å². The van der Waals surface area contributed by atoms with E-state index in [-0.39, 0.29) is 13.0 Å². The molecule has 6 N–H and O–H groups in total. The van der Waals surface area contributed by atoms with Gasteiger partial charge in [0.05, 0.1) is 19.0 Å². The Labute approximate surface area is 241 Å². The van der Waals surface area contributed by atoms with Crippen LogP contribution in [0.3, 0.4) is 0 Å². The van der Waals surface area contributed by atoms with Crippen LogP contribution in [0, 0.1) is 0 Å². The number of aliphatic hydroxyl groups excluding tert-OH is 1. The van der Waals surface area contributed by atoms with Gasteiger partial charge in [-0.3, -0.25) is 9.59 Å². The first kappa shape index (κ1) is 33.7. The Morgan fingerprint density at radius 1 is 1.05 bits per heavy atom. The second kappa shape index (κ2) is 13.4. The van der Waals surface area contributed by atoms with Gasteiger partial charge in [0.1, 0.15) is 17.7 Å². The van der Waals surface area contributed by atoms with Crippen molar-refractivity contribution in [2.24, 2.45) is 5.73 Å². The Hall–Kier alpha value is -3.51. The molecule has 2 rings (SSSR count). The van der Waals surface area contributed by atoms with Crippen molar-refractivity contribution in [1.82, 2.24) is 16.0 Å². The number of likely N-dealkylation sites (tertiary alicyclic amines) is 1. The van der Waals surface area contributed by atoms with Gasteiger partial charge in [-0.1, -0.05) is 30.3 Å². The number of nitrogens with zero attached hydrogens (tertiary/aromatic N) is 1. The van der Waals surface area contributed by atoms with Gasteiger partial charge in [0.25, 0.3) is 0 Å². The third kappa shape index (κ3) is 9.53. The minimum atomic E-state index is -1.79. The summed E-state index contributed by atoms with van der Waals surface area (Å²) in [6.07, 6.45) is -2.03. The average molecular weight is 577 g/mol. The Bertz CT molecular complexity index is 1110. The number of nitrogens with one attached hydrogen (secondary N) is 3. The number of carbonyl (C=O) groups excluding carboxylic acids is 5. The molecule has 1 aliphatic rings. The largest absolute Gasteiger partial charge is 0.444 e. The van der Waals surface area contributed by atoms with Crippen molar-refractivity contribution in [2.75, 3.05) is 6.54 Å². The van der Waals surface area contributed by atoms with Crippen LogP contribution in [0.1, 0.15) is 73.3 Å². The van der Waals surface area contributed by atoms with Gasteiger partial charge >= 0.3 is 18.0 Å². The van der Waals surface area contributed by atoms with E-state index in [9.17, 15) is 29.1 Å². The van der Waals surface area contributed by atoms with E-state index in [1.54, 1.807) is 78.8 Å². The first-order chi connectivity index (χ1) is 18.9. The summed E-state index contributed by atoms with van der Waals surface area (Å²) in [5, 5.41) is 19.4. The minimum Gasteiger partial charge on any atom is -0.444 e. The van der Waals surface area contributed by atoms with Gasteiger partial charge in [-0.15, -0.1) is 0 Å². The molecule has 0 saturated carbocycles. The molecule has 12 heteroatoms. The summed E-state index contributed by atoms with van der Waals surface area (Å²) >= 11 is 0. The molecule has 1 heterocycles. The molecule has 5 atom stereocenters. The van der Waals surface area contributed by atoms with E-state index in [4.69, 9.17) is 10.5 Å². The fourth-order valence-electron chi connectivity index (χ4n) is 4.89. The number of carbonyl (C=O) groups is 5. The SMILES string of the molecule is C[C@@H]1CCC[N+]1(C(=O)NC(C)(C)C)C(=O)[C@@H](O)[C@H](Cc1ccccc1)NC(=O)[C@H](CC(N)=O)NC(=O)OC(C)(C)C. The summed E-state index contributed by atoms with van der Waals surface area (Å²) in [4.78, 5) is 65.1. The first-order valence-electron chi connectivity index (χ1n) is 13.9. The normalized spacial score (nSPS) is 21.2. The molecule has 1 fully saturated rings. The second-order valence-corrected chi connectivity index (χ2v) is 12.7. The predicted molar refractivity (Wildman–Crippen MR) is 152 cm³/mol. The number of ether oxygens (including phenoxy) is 1. The Balaban J connectivity index is 2.42. The van der Waals surface area contributed by atoms with Crippen LogP contribution in [-0.2, 0) is 25.5 Å². The quantitative estimate of drug-likeness (QED) is 0.279. The molecule has 1 aromatic rings. The monoisotopic (exact) mass is 576 g/mol. The van der Waals surface area contributed by atoms with Gasteiger partial charge in [-0.2, -0.15) is 4.48 Å². The van der Waals surface area contributed by atoms with Crippen molar-refractivity contribution in [1.29, 1.82) is 0 Å². The second-order valence-electron chi connectivity index (χ2n) is 12.7. The van der Waals surface area contributed by atoms with E-state index < -0.39 is 76.1 Å². The molecular weight excluding hydrogens is 530 g/mol. The number of hydrogen-bond donors (Lipinski definition) is 5. The maximum atomic E-state index is 14.0. The topological polar surface area (TPSA) is 177 Å². The van der Waals surface area contributed by atoms with Crippen LogP contribution in [0.25, 0.3) is 0 Å². The summed E-state index contributed by atoms with van der Waals surface area (Å²) < 4.78 is 4.60. The van der Waals surface area contributed by atoms with Crippen molar-refractivity contribution < 1.29 is 38.3 Å². The van der Waals surface area contributed by atoms with E-state index in [0.717, 1.165) is 0 Å². The maximum Gasteiger partial charge on any atom is 0.424 e. The van der Waals surface area contributed by atoms with Crippen LogP contribution in [0.15, 0.2) is 30.3 Å². The summed E-state index contributed by atoms with van der Waals surface area (Å²) in [6.45, 7) is 12.3. The van der Waals surface area contributed by atoms with Crippen molar-refractivity contribution in [3.63, 3.8) is 0 Å². The molecule has 228 valence electrons. The number of nitrogens with two attached hydrogens (primary N) is 1. The molecule has 0 bridgehead atoms. The van der Waals surface area contributed by atoms with E-state index in [1.165, 1.54) is 0 Å². The van der Waals surface area contributed by atoms with Crippen LogP contribution in [0.5, 0.6) is 0 Å². The van der Waals surface area contributed by atoms with Crippen LogP contribution >= 0.6 is 0 Å². The van der Waals surface area contributed by atoms with Gasteiger partial charge in [0, 0.05) is 18.4 Å². The van der Waals surface area contributed by atoms with Gasteiger partial charge in [-0.25, -0.2) is 14.4 Å². The highest BCUT2D eigenvalue weighted by Gasteiger charge is 2.56. The fourth-order valence-corrected chi connectivity index (χ4v) is 4.89. The average Bonchev–Trinajstić information content (AvgIpc) is 3.22. The molecule has 0 radical (unpaired) electrons. The number of amides is 6. The minimum absolute atomic E-state index is 0.0322. The summed E-state index contributed by atoms with van der Waals surface area (Å²) in [7, 11) is 0. The lowest BCUT2D eigenvalue weighted by atomic mass is 9.98. The van der Waals surface area contributed by atoms with Crippen molar-refractivity contribution in [3.8, 4) is 0 Å². The fraction of sp³-hybridized carbons (Fsp3) is 0.621. The summed E-state index contributed by atoms with van der Waals surface area (Å²) in [5.41, 5.74) is 4.55. The molecule has 0 aliphatic carbocycles. The Morgan fingerprint density at radius 3 is 2.15 bits per heavy atom. The summed E-state index contributed by atoms with van der Waals surface area (Å²) in [6, 6.07) is 5.34. The predicted octanol–water partition coefficient (Wildman–Crippen LogP) is 1.88. The van der Waals surface area contributed by atoms with Crippen molar-refractivity contribution in [2.45, 2.75) is 110 Å². The molecule has 12 nitrogen and oxygen atoms in total. The smallest absolute Gasteiger partial charge is 0.424 e. The van der Waals surface area contributed by atoms with Gasteiger partial charge < -0.3 is 31.5 Å². The number of quaternary nitrogens is 1. The van der Waals surface area contributed by atoms with Crippen LogP contribution in [-0.4, -0.2) is 81.3 Å². The van der Waals surface area contributed by atoms with Crippen LogP contribution in [0.4, 0.5) is 9.59 Å². The van der Waals surface area contributed by atoms with Gasteiger partial charge in [0.2, 0.25) is 11.8 Å². The van der Waals surface area contributed by atoms with Gasteiger partial charge in [0.15, 0.2) is 6.10 Å². The Morgan fingerprint density at radius 2 is 1.66 bits per heavy atom. The van der Waals surface area contributed by atoms with E-state index >= 15 is 0 Å². The lowest BCUT2D eigenvalue weighted by Gasteiger charge is -2.38. The molecule has 1 unspecified atom stereocenters. The van der Waals surface area contributed by atoms with E-state index in [1.807, 2.05) is 0 Å². The molecule has 1 aliphatic heterocycles. The summed E-state index contributed by atoms with van der Waals surface area (Å²) in [5.74, 6) is -2.45. The van der Waals surface area contributed by atoms with E-state index in [0.29, 0.717) is 18.4 Å². The van der Waals surface area contributed by atoms with Crippen molar-refractivity contribution >= 4 is 29.8 Å². The number of primary amides is 1. The zero-order chi connectivity index (χ0) is 31.2. The number of aliphatic hydroxyl groups is 1. The third-order valence-electron chi connectivity index (χ3n) is 6.80. The van der Waals surface area contributed by atoms with Gasteiger partial charge in [-0.05, 0) is 60.5 Å². The maximum absolute atomic E-state index is 14.0. The molecule has 1 aromatic carbocycles. The van der Waals surface area contributed by atoms with Crippen molar-refractivity contribution in [3.05, 3.63) is 35.9 Å². The first-order valence-corrected chi connectivity index (χ1v) is 13.9. The number of benzene rings is 1. The molecule has 1 saturated heterocycles. The number of rotatable bonds is 9. The lowest BCUT2D eigenvalue weighted by molar-refractivity contribution is -0.787. The molecule has 0 aromatic heterocycles. The molecular formula is C29H46N5O7+. The zero-order valence-corrected chi connectivity index (χ0v) is 25.2. The lowest BCUT2D eigenvalue weighted by Crippen LogP contribution is -2.69. The highest BCUT2D eigenvalue weighted by Crippen LogP contribution is 2.30.